The predicted octanol–water partition coefficient (Wildman–Crippen LogP) is 4.67. The lowest BCUT2D eigenvalue weighted by Gasteiger charge is -2.59. The maximum atomic E-state index is 12.8. The predicted molar refractivity (Wildman–Crippen MR) is 100 cm³/mol. The second-order valence-electron chi connectivity index (χ2n) is 8.82. The molecule has 0 bridgehead atoms. The molecule has 0 aliphatic heterocycles. The van der Waals surface area contributed by atoms with E-state index in [0.29, 0.717) is 18.3 Å². The van der Waals surface area contributed by atoms with Crippen molar-refractivity contribution in [3.63, 3.8) is 0 Å². The van der Waals surface area contributed by atoms with Crippen LogP contribution < -0.4 is 0 Å². The van der Waals surface area contributed by atoms with Gasteiger partial charge in [0.15, 0.2) is 11.5 Å². The molecule has 0 unspecified atom stereocenters. The Kier molecular flexibility index (Phi) is 4.66. The summed E-state index contributed by atoms with van der Waals surface area (Å²) in [5.41, 5.74) is 1.42. The number of Topliss-reactive ketones (excluding diaryl/α,β-unsaturated/α-hetero) is 1. The molecule has 4 atom stereocenters. The Morgan fingerprint density at radius 2 is 2.00 bits per heavy atom. The zero-order valence-corrected chi connectivity index (χ0v) is 16.4. The highest BCUT2D eigenvalue weighted by Crippen LogP contribution is 2.63. The van der Waals surface area contributed by atoms with Crippen LogP contribution in [0.2, 0.25) is 0 Å². The molecular formula is C22H30O4. The van der Waals surface area contributed by atoms with Gasteiger partial charge in [0, 0.05) is 11.6 Å². The number of allylic oxidation sites excluding steroid dienone is 3. The van der Waals surface area contributed by atoms with Gasteiger partial charge in [-0.3, -0.25) is 9.59 Å². The lowest BCUT2D eigenvalue weighted by Crippen LogP contribution is -2.50. The van der Waals surface area contributed by atoms with E-state index in [1.807, 2.05) is 0 Å². The van der Waals surface area contributed by atoms with Gasteiger partial charge in [-0.1, -0.05) is 32.9 Å². The Balaban J connectivity index is 2.01. The minimum atomic E-state index is -0.542. The number of aliphatic hydroxyl groups is 1. The number of carbonyl (C=O) groups excluding carboxylic acids is 2. The molecule has 0 saturated heterocycles. The molecule has 4 heteroatoms. The summed E-state index contributed by atoms with van der Waals surface area (Å²) >= 11 is 0. The van der Waals surface area contributed by atoms with Gasteiger partial charge >= 0.3 is 0 Å². The Hall–Kier alpha value is -1.84. The standard InChI is InChI=1S/C22H30O4/c1-13-7-6-8-18-21(13,3)10-9-14(2)22(18,4)12-15-19(24)16(23)11-17(26-5)20(15)25/h11,14,18,24H,1,6-10,12H2,2-5H3/t14-,18+,21+,22-/m0/s1. The van der Waals surface area contributed by atoms with Crippen molar-refractivity contribution in [2.75, 3.05) is 7.11 Å². The fourth-order valence-corrected chi connectivity index (χ4v) is 5.62. The smallest absolute Gasteiger partial charge is 0.227 e. The van der Waals surface area contributed by atoms with Gasteiger partial charge in [-0.25, -0.2) is 0 Å². The Morgan fingerprint density at radius 1 is 1.31 bits per heavy atom. The molecule has 0 heterocycles. The first-order valence-corrected chi connectivity index (χ1v) is 9.60. The minimum absolute atomic E-state index is 0.0191. The average Bonchev–Trinajstić information content (AvgIpc) is 2.61. The van der Waals surface area contributed by atoms with Crippen LogP contribution in [0, 0.1) is 22.7 Å². The summed E-state index contributed by atoms with van der Waals surface area (Å²) in [5, 5.41) is 10.4. The van der Waals surface area contributed by atoms with E-state index in [-0.39, 0.29) is 27.9 Å². The van der Waals surface area contributed by atoms with E-state index in [1.54, 1.807) is 0 Å². The Bertz CT molecular complexity index is 728. The number of carbonyl (C=O) groups is 2. The van der Waals surface area contributed by atoms with Crippen LogP contribution in [-0.4, -0.2) is 23.8 Å². The fraction of sp³-hybridized carbons (Fsp3) is 0.636. The first-order valence-electron chi connectivity index (χ1n) is 9.60. The van der Waals surface area contributed by atoms with E-state index in [2.05, 4.69) is 27.4 Å². The molecule has 0 radical (unpaired) electrons. The molecule has 26 heavy (non-hydrogen) atoms. The zero-order chi connectivity index (χ0) is 19.3. The molecule has 3 aliphatic carbocycles. The number of methoxy groups -OCH3 is 1. The topological polar surface area (TPSA) is 63.6 Å². The van der Waals surface area contributed by atoms with Crippen LogP contribution in [0.4, 0.5) is 0 Å². The third kappa shape index (κ3) is 2.65. The van der Waals surface area contributed by atoms with Crippen LogP contribution in [-0.2, 0) is 14.3 Å². The average molecular weight is 358 g/mol. The van der Waals surface area contributed by atoms with Crippen molar-refractivity contribution >= 4 is 11.6 Å². The van der Waals surface area contributed by atoms with Gasteiger partial charge in [0.1, 0.15) is 0 Å². The van der Waals surface area contributed by atoms with E-state index in [4.69, 9.17) is 4.74 Å². The molecule has 0 aromatic heterocycles. The Labute approximate surface area is 156 Å². The highest BCUT2D eigenvalue weighted by atomic mass is 16.5. The summed E-state index contributed by atoms with van der Waals surface area (Å²) < 4.78 is 5.08. The summed E-state index contributed by atoms with van der Waals surface area (Å²) in [6.45, 7) is 11.1. The molecular weight excluding hydrogens is 328 g/mol. The minimum Gasteiger partial charge on any atom is -0.504 e. The van der Waals surface area contributed by atoms with Crippen LogP contribution in [0.25, 0.3) is 0 Å². The summed E-state index contributed by atoms with van der Waals surface area (Å²) in [4.78, 5) is 24.9. The van der Waals surface area contributed by atoms with Crippen molar-refractivity contribution < 1.29 is 19.4 Å². The molecule has 2 saturated carbocycles. The fourth-order valence-electron chi connectivity index (χ4n) is 5.62. The number of ether oxygens (including phenoxy) is 1. The van der Waals surface area contributed by atoms with Crippen molar-refractivity contribution in [2.24, 2.45) is 22.7 Å². The molecule has 0 spiro atoms. The molecule has 3 rings (SSSR count). The Morgan fingerprint density at radius 3 is 2.65 bits per heavy atom. The molecule has 0 aromatic rings. The van der Waals surface area contributed by atoms with Crippen LogP contribution in [0.5, 0.6) is 0 Å². The largest absolute Gasteiger partial charge is 0.504 e. The zero-order valence-electron chi connectivity index (χ0n) is 16.4. The summed E-state index contributed by atoms with van der Waals surface area (Å²) in [7, 11) is 1.38. The lowest BCUT2D eigenvalue weighted by molar-refractivity contribution is -0.120. The van der Waals surface area contributed by atoms with E-state index in [0.717, 1.165) is 38.2 Å². The van der Waals surface area contributed by atoms with Crippen LogP contribution in [0.3, 0.4) is 0 Å². The van der Waals surface area contributed by atoms with E-state index in [9.17, 15) is 14.7 Å². The number of hydrogen-bond acceptors (Lipinski definition) is 4. The van der Waals surface area contributed by atoms with Crippen molar-refractivity contribution in [3.8, 4) is 0 Å². The van der Waals surface area contributed by atoms with Gasteiger partial charge < -0.3 is 9.84 Å². The highest BCUT2D eigenvalue weighted by Gasteiger charge is 2.54. The molecule has 142 valence electrons. The van der Waals surface area contributed by atoms with Crippen LogP contribution >= 0.6 is 0 Å². The van der Waals surface area contributed by atoms with Gasteiger partial charge in [0.25, 0.3) is 0 Å². The third-order valence-electron chi connectivity index (χ3n) is 7.62. The number of hydrogen-bond donors (Lipinski definition) is 1. The maximum absolute atomic E-state index is 12.8. The number of ketones is 2. The number of fused-ring (bicyclic) bond motifs is 1. The van der Waals surface area contributed by atoms with E-state index in [1.165, 1.54) is 12.7 Å². The monoisotopic (exact) mass is 358 g/mol. The number of aliphatic hydroxyl groups excluding tert-OH is 1. The first kappa shape index (κ1) is 18.9. The lowest BCUT2D eigenvalue weighted by atomic mass is 9.46. The van der Waals surface area contributed by atoms with E-state index < -0.39 is 11.5 Å². The van der Waals surface area contributed by atoms with E-state index >= 15 is 0 Å². The quantitative estimate of drug-likeness (QED) is 0.588. The second-order valence-corrected chi connectivity index (χ2v) is 8.82. The van der Waals surface area contributed by atoms with Gasteiger partial charge in [0.05, 0.1) is 7.11 Å². The number of rotatable bonds is 3. The van der Waals surface area contributed by atoms with Gasteiger partial charge in [-0.15, -0.1) is 0 Å². The summed E-state index contributed by atoms with van der Waals surface area (Å²) in [6.07, 6.45) is 6.95. The summed E-state index contributed by atoms with van der Waals surface area (Å²) in [5.74, 6) is -0.511. The molecule has 0 amide bonds. The van der Waals surface area contributed by atoms with Crippen LogP contribution in [0.15, 0.2) is 35.3 Å². The van der Waals surface area contributed by atoms with Crippen molar-refractivity contribution in [1.82, 2.24) is 0 Å². The highest BCUT2D eigenvalue weighted by molar-refractivity contribution is 6.20. The first-order chi connectivity index (χ1) is 12.1. The molecule has 1 N–H and O–H groups in total. The molecule has 3 aliphatic rings. The van der Waals surface area contributed by atoms with Crippen molar-refractivity contribution in [1.29, 1.82) is 0 Å². The second kappa shape index (κ2) is 6.40. The van der Waals surface area contributed by atoms with Gasteiger partial charge in [0.2, 0.25) is 11.6 Å². The third-order valence-corrected chi connectivity index (χ3v) is 7.62. The van der Waals surface area contributed by atoms with Crippen LogP contribution in [0.1, 0.15) is 59.3 Å². The maximum Gasteiger partial charge on any atom is 0.227 e. The summed E-state index contributed by atoms with van der Waals surface area (Å²) in [6, 6.07) is 0. The van der Waals surface area contributed by atoms with Gasteiger partial charge in [-0.05, 0) is 61.2 Å². The molecule has 4 nitrogen and oxygen atoms in total. The van der Waals surface area contributed by atoms with Gasteiger partial charge in [-0.2, -0.15) is 0 Å². The molecule has 2 fully saturated rings. The van der Waals surface area contributed by atoms with Crippen molar-refractivity contribution in [3.05, 3.63) is 35.3 Å². The van der Waals surface area contributed by atoms with Crippen molar-refractivity contribution in [2.45, 2.75) is 59.3 Å². The molecule has 0 aromatic carbocycles. The SMILES string of the molecule is C=C1CCC[C@H]2[C@@](C)(CC3=C(O)C(=O)C=C(OC)C3=O)[C@@H](C)CC[C@]12C. The normalized spacial score (nSPS) is 38.2.